The van der Waals surface area contributed by atoms with Crippen LogP contribution in [0.4, 0.5) is 0 Å². The number of hydrogen-bond donors (Lipinski definition) is 1. The highest BCUT2D eigenvalue weighted by atomic mass is 35.5. The van der Waals surface area contributed by atoms with Crippen molar-refractivity contribution >= 4 is 11.6 Å². The largest absolute Gasteiger partial charge is 0.313 e. The standard InChI is InChI=1S/C17H27ClN2/c1-13(2)9-17-12-20(14(3)7-8-19-17)11-15-5-4-6-16(18)10-15/h4-6,10,13-14,17,19H,7-9,11-12H2,1-3H3. The maximum absolute atomic E-state index is 6.10. The van der Waals surface area contributed by atoms with Gasteiger partial charge in [-0.25, -0.2) is 0 Å². The second-order valence-electron chi connectivity index (χ2n) is 6.48. The minimum Gasteiger partial charge on any atom is -0.313 e. The van der Waals surface area contributed by atoms with Gasteiger partial charge in [0.2, 0.25) is 0 Å². The summed E-state index contributed by atoms with van der Waals surface area (Å²) in [6.07, 6.45) is 2.47. The minimum atomic E-state index is 0.610. The Labute approximate surface area is 128 Å². The lowest BCUT2D eigenvalue weighted by molar-refractivity contribution is 0.189. The summed E-state index contributed by atoms with van der Waals surface area (Å²) in [5.74, 6) is 0.744. The third-order valence-corrected chi connectivity index (χ3v) is 4.34. The summed E-state index contributed by atoms with van der Waals surface area (Å²) in [5, 5.41) is 4.54. The highest BCUT2D eigenvalue weighted by Gasteiger charge is 2.23. The van der Waals surface area contributed by atoms with E-state index in [1.54, 1.807) is 0 Å². The first kappa shape index (κ1) is 15.8. The Hall–Kier alpha value is -0.570. The molecule has 1 aromatic carbocycles. The molecule has 0 radical (unpaired) electrons. The molecule has 20 heavy (non-hydrogen) atoms. The topological polar surface area (TPSA) is 15.3 Å². The van der Waals surface area contributed by atoms with Gasteiger partial charge in [-0.3, -0.25) is 4.90 Å². The van der Waals surface area contributed by atoms with Crippen LogP contribution in [0.3, 0.4) is 0 Å². The molecule has 0 saturated carbocycles. The molecule has 2 nitrogen and oxygen atoms in total. The van der Waals surface area contributed by atoms with Crippen LogP contribution in [0.15, 0.2) is 24.3 Å². The maximum Gasteiger partial charge on any atom is 0.0409 e. The average Bonchev–Trinajstić information content (AvgIpc) is 2.52. The van der Waals surface area contributed by atoms with Crippen LogP contribution in [-0.4, -0.2) is 30.1 Å². The molecule has 0 aliphatic carbocycles. The Morgan fingerprint density at radius 3 is 2.90 bits per heavy atom. The van der Waals surface area contributed by atoms with Crippen molar-refractivity contribution in [3.63, 3.8) is 0 Å². The van der Waals surface area contributed by atoms with Crippen molar-refractivity contribution in [2.45, 2.75) is 52.2 Å². The van der Waals surface area contributed by atoms with Gasteiger partial charge >= 0.3 is 0 Å². The second-order valence-corrected chi connectivity index (χ2v) is 6.91. The average molecular weight is 295 g/mol. The Balaban J connectivity index is 2.02. The van der Waals surface area contributed by atoms with E-state index < -0.39 is 0 Å². The van der Waals surface area contributed by atoms with Crippen LogP contribution in [0.25, 0.3) is 0 Å². The first-order chi connectivity index (χ1) is 9.54. The van der Waals surface area contributed by atoms with Crippen molar-refractivity contribution in [2.75, 3.05) is 13.1 Å². The fourth-order valence-electron chi connectivity index (χ4n) is 3.02. The fourth-order valence-corrected chi connectivity index (χ4v) is 3.24. The molecule has 1 heterocycles. The zero-order valence-electron chi connectivity index (χ0n) is 12.9. The predicted molar refractivity (Wildman–Crippen MR) is 87.2 cm³/mol. The molecule has 3 heteroatoms. The molecule has 0 aromatic heterocycles. The zero-order valence-corrected chi connectivity index (χ0v) is 13.7. The van der Waals surface area contributed by atoms with E-state index in [-0.39, 0.29) is 0 Å². The van der Waals surface area contributed by atoms with Crippen LogP contribution in [0.1, 0.15) is 39.2 Å². The lowest BCUT2D eigenvalue weighted by Crippen LogP contribution is -2.40. The molecule has 2 unspecified atom stereocenters. The fraction of sp³-hybridized carbons (Fsp3) is 0.647. The maximum atomic E-state index is 6.10. The van der Waals surface area contributed by atoms with Gasteiger partial charge in [0.15, 0.2) is 0 Å². The molecule has 0 amide bonds. The summed E-state index contributed by atoms with van der Waals surface area (Å²) in [7, 11) is 0. The van der Waals surface area contributed by atoms with Crippen molar-refractivity contribution in [1.29, 1.82) is 0 Å². The van der Waals surface area contributed by atoms with E-state index >= 15 is 0 Å². The number of benzene rings is 1. The second kappa shape index (κ2) is 7.44. The van der Waals surface area contributed by atoms with Crippen molar-refractivity contribution in [3.05, 3.63) is 34.9 Å². The molecule has 1 N–H and O–H groups in total. The van der Waals surface area contributed by atoms with Gasteiger partial charge in [0.05, 0.1) is 0 Å². The molecule has 2 atom stereocenters. The van der Waals surface area contributed by atoms with Gasteiger partial charge in [-0.05, 0) is 49.9 Å². The van der Waals surface area contributed by atoms with Crippen molar-refractivity contribution in [2.24, 2.45) is 5.92 Å². The summed E-state index contributed by atoms with van der Waals surface area (Å²) >= 11 is 6.10. The van der Waals surface area contributed by atoms with E-state index in [9.17, 15) is 0 Å². The molecule has 1 aromatic rings. The molecule has 1 aliphatic heterocycles. The number of halogens is 1. The lowest BCUT2D eigenvalue weighted by atomic mass is 10.0. The summed E-state index contributed by atoms with van der Waals surface area (Å²) in [6.45, 7) is 10.2. The van der Waals surface area contributed by atoms with Crippen LogP contribution < -0.4 is 5.32 Å². The van der Waals surface area contributed by atoms with Crippen molar-refractivity contribution in [1.82, 2.24) is 10.2 Å². The summed E-state index contributed by atoms with van der Waals surface area (Å²) in [6, 6.07) is 9.49. The Morgan fingerprint density at radius 2 is 2.20 bits per heavy atom. The Kier molecular flexibility index (Phi) is 5.88. The smallest absolute Gasteiger partial charge is 0.0409 e. The quantitative estimate of drug-likeness (QED) is 0.905. The van der Waals surface area contributed by atoms with E-state index in [1.807, 2.05) is 12.1 Å². The SMILES string of the molecule is CC(C)CC1CN(Cc2cccc(Cl)c2)C(C)CCN1. The highest BCUT2D eigenvalue weighted by Crippen LogP contribution is 2.18. The number of nitrogens with one attached hydrogen (secondary N) is 1. The van der Waals surface area contributed by atoms with Gasteiger partial charge in [0, 0.05) is 30.2 Å². The van der Waals surface area contributed by atoms with Gasteiger partial charge in [0.25, 0.3) is 0 Å². The van der Waals surface area contributed by atoms with Gasteiger partial charge in [-0.1, -0.05) is 37.6 Å². The molecule has 1 fully saturated rings. The molecule has 0 bridgehead atoms. The van der Waals surface area contributed by atoms with E-state index in [0.29, 0.717) is 12.1 Å². The molecule has 1 saturated heterocycles. The van der Waals surface area contributed by atoms with E-state index in [4.69, 9.17) is 11.6 Å². The lowest BCUT2D eigenvalue weighted by Gasteiger charge is -2.29. The Bertz CT molecular complexity index is 419. The summed E-state index contributed by atoms with van der Waals surface area (Å²) < 4.78 is 0. The van der Waals surface area contributed by atoms with Gasteiger partial charge in [0.1, 0.15) is 0 Å². The third-order valence-electron chi connectivity index (χ3n) is 4.10. The Morgan fingerprint density at radius 1 is 1.40 bits per heavy atom. The monoisotopic (exact) mass is 294 g/mol. The molecule has 2 rings (SSSR count). The number of rotatable bonds is 4. The van der Waals surface area contributed by atoms with Gasteiger partial charge < -0.3 is 5.32 Å². The predicted octanol–water partition coefficient (Wildman–Crippen LogP) is 3.94. The van der Waals surface area contributed by atoms with Gasteiger partial charge in [-0.15, -0.1) is 0 Å². The van der Waals surface area contributed by atoms with Crippen molar-refractivity contribution < 1.29 is 0 Å². The number of nitrogens with zero attached hydrogens (tertiary/aromatic N) is 1. The minimum absolute atomic E-state index is 0.610. The zero-order chi connectivity index (χ0) is 14.5. The van der Waals surface area contributed by atoms with E-state index in [0.717, 1.165) is 30.6 Å². The first-order valence-corrected chi connectivity index (χ1v) is 8.14. The van der Waals surface area contributed by atoms with Crippen LogP contribution >= 0.6 is 11.6 Å². The van der Waals surface area contributed by atoms with Gasteiger partial charge in [-0.2, -0.15) is 0 Å². The summed E-state index contributed by atoms with van der Waals surface area (Å²) in [5.41, 5.74) is 1.31. The van der Waals surface area contributed by atoms with Crippen LogP contribution in [0, 0.1) is 5.92 Å². The van der Waals surface area contributed by atoms with Crippen molar-refractivity contribution in [3.8, 4) is 0 Å². The first-order valence-electron chi connectivity index (χ1n) is 7.76. The molecule has 1 aliphatic rings. The van der Waals surface area contributed by atoms with Crippen LogP contribution in [-0.2, 0) is 6.54 Å². The van der Waals surface area contributed by atoms with E-state index in [1.165, 1.54) is 18.4 Å². The van der Waals surface area contributed by atoms with Crippen LogP contribution in [0.2, 0.25) is 5.02 Å². The molecular formula is C17H27ClN2. The highest BCUT2D eigenvalue weighted by molar-refractivity contribution is 6.30. The molecule has 0 spiro atoms. The third kappa shape index (κ3) is 4.76. The summed E-state index contributed by atoms with van der Waals surface area (Å²) in [4.78, 5) is 2.60. The van der Waals surface area contributed by atoms with E-state index in [2.05, 4.69) is 43.1 Å². The number of hydrogen-bond acceptors (Lipinski definition) is 2. The molecule has 112 valence electrons. The molecular weight excluding hydrogens is 268 g/mol. The normalized spacial score (nSPS) is 24.9. The van der Waals surface area contributed by atoms with Crippen LogP contribution in [0.5, 0.6) is 0 Å².